The van der Waals surface area contributed by atoms with E-state index < -0.39 is 0 Å². The third-order valence-corrected chi connectivity index (χ3v) is 5.92. The molecule has 32 heavy (non-hydrogen) atoms. The Labute approximate surface area is 193 Å². The number of aromatic nitrogens is 1. The molecule has 0 saturated heterocycles. The van der Waals surface area contributed by atoms with Gasteiger partial charge in [-0.3, -0.25) is 0 Å². The lowest BCUT2D eigenvalue weighted by atomic mass is 10.0. The average Bonchev–Trinajstić information content (AvgIpc) is 2.84. The van der Waals surface area contributed by atoms with Gasteiger partial charge in [-0.1, -0.05) is 73.2 Å². The van der Waals surface area contributed by atoms with Crippen LogP contribution in [0, 0.1) is 6.92 Å². The molecule has 0 aliphatic rings. The number of nitrogens with zero attached hydrogens (tertiary/aromatic N) is 1. The highest BCUT2D eigenvalue weighted by Crippen LogP contribution is 2.30. The maximum atomic E-state index is 12.1. The number of rotatable bonds is 7. The molecule has 0 fully saturated rings. The normalized spacial score (nSPS) is 11.4. The lowest BCUT2D eigenvalue weighted by Crippen LogP contribution is -2.36. The quantitative estimate of drug-likeness (QED) is 0.205. The predicted octanol–water partition coefficient (Wildman–Crippen LogP) is 5.89. The van der Waals surface area contributed by atoms with E-state index in [2.05, 4.69) is 72.2 Å². The largest absolute Gasteiger partial charge is 0.613 e. The van der Waals surface area contributed by atoms with Gasteiger partial charge >= 0.3 is 0 Å². The number of hydrogen-bond acceptors (Lipinski definition) is 3. The average molecular weight is 440 g/mol. The number of ether oxygens (including phenoxy) is 1. The van der Waals surface area contributed by atoms with E-state index in [-0.39, 0.29) is 5.95 Å². The minimum atomic E-state index is -0.334. The van der Waals surface area contributed by atoms with E-state index in [1.165, 1.54) is 22.7 Å². The molecular formula is C28H25NO2S. The third kappa shape index (κ3) is 5.04. The Morgan fingerprint density at radius 1 is 0.844 bits per heavy atom. The zero-order chi connectivity index (χ0) is 22.3. The Morgan fingerprint density at radius 3 is 2.09 bits per heavy atom. The van der Waals surface area contributed by atoms with Crippen molar-refractivity contribution in [3.05, 3.63) is 114 Å². The fourth-order valence-electron chi connectivity index (χ4n) is 3.52. The van der Waals surface area contributed by atoms with Crippen LogP contribution in [0.25, 0.3) is 28.1 Å². The molecule has 4 aromatic rings. The number of hydrogen-bond donors (Lipinski definition) is 0. The van der Waals surface area contributed by atoms with Gasteiger partial charge in [0.25, 0.3) is 5.03 Å². The molecule has 1 aromatic heterocycles. The van der Waals surface area contributed by atoms with Crippen molar-refractivity contribution in [3.8, 4) is 28.1 Å². The van der Waals surface area contributed by atoms with E-state index in [9.17, 15) is 5.11 Å². The molecule has 0 radical (unpaired) electrons. The van der Waals surface area contributed by atoms with E-state index in [1.807, 2.05) is 43.3 Å². The van der Waals surface area contributed by atoms with Gasteiger partial charge < -0.3 is 9.84 Å². The summed E-state index contributed by atoms with van der Waals surface area (Å²) in [6.07, 6.45) is 0. The smallest absolute Gasteiger partial charge is 0.251 e. The summed E-state index contributed by atoms with van der Waals surface area (Å²) in [5.74, 6) is -0.334. The first-order valence-electron chi connectivity index (χ1n) is 10.6. The van der Waals surface area contributed by atoms with Crippen LogP contribution in [0.3, 0.4) is 0 Å². The highest BCUT2D eigenvalue weighted by atomic mass is 32.2. The van der Waals surface area contributed by atoms with Gasteiger partial charge in [-0.05, 0) is 48.6 Å². The van der Waals surface area contributed by atoms with Crippen LogP contribution < -0.4 is 9.67 Å². The number of thioether (sulfide) groups is 1. The van der Waals surface area contributed by atoms with Crippen molar-refractivity contribution < 1.29 is 14.4 Å². The summed E-state index contributed by atoms with van der Waals surface area (Å²) in [7, 11) is 0. The van der Waals surface area contributed by atoms with Crippen molar-refractivity contribution in [1.29, 1.82) is 0 Å². The van der Waals surface area contributed by atoms with Crippen molar-refractivity contribution in [2.75, 3.05) is 6.61 Å². The molecule has 0 aliphatic carbocycles. The second kappa shape index (κ2) is 10.2. The fraction of sp³-hybridized carbons (Fsp3) is 0.107. The minimum Gasteiger partial charge on any atom is -0.613 e. The molecule has 0 aliphatic heterocycles. The van der Waals surface area contributed by atoms with Gasteiger partial charge in [-0.25, -0.2) is 0 Å². The SMILES string of the molecule is CCO/C([O-])=C/Sc1cc(-c2ccccc2)cc(-c2ccccc2)[n+]1-c1ccc(C)cc1. The Bertz CT molecular complexity index is 1200. The maximum absolute atomic E-state index is 12.1. The molecule has 0 N–H and O–H groups in total. The molecule has 0 atom stereocenters. The van der Waals surface area contributed by atoms with Crippen molar-refractivity contribution in [1.82, 2.24) is 0 Å². The summed E-state index contributed by atoms with van der Waals surface area (Å²) >= 11 is 1.38. The van der Waals surface area contributed by atoms with Gasteiger partial charge in [0, 0.05) is 35.2 Å². The van der Waals surface area contributed by atoms with Gasteiger partial charge in [0.2, 0.25) is 11.4 Å². The molecule has 0 spiro atoms. The first-order valence-corrected chi connectivity index (χ1v) is 11.5. The molecule has 0 unspecified atom stereocenters. The molecule has 4 heteroatoms. The van der Waals surface area contributed by atoms with Gasteiger partial charge in [0.05, 0.1) is 5.95 Å². The lowest BCUT2D eigenvalue weighted by molar-refractivity contribution is -0.624. The molecule has 4 rings (SSSR count). The van der Waals surface area contributed by atoms with Crippen molar-refractivity contribution in [2.24, 2.45) is 0 Å². The topological polar surface area (TPSA) is 36.2 Å². The molecule has 1 heterocycles. The van der Waals surface area contributed by atoms with E-state index in [4.69, 9.17) is 4.74 Å². The number of aryl methyl sites for hydroxylation is 1. The van der Waals surface area contributed by atoms with Crippen LogP contribution in [0.5, 0.6) is 0 Å². The lowest BCUT2D eigenvalue weighted by Gasteiger charge is -2.13. The standard InChI is InChI=1S/C28H25NO2S/c1-3-31-28(30)20-32-27-19-24(22-10-6-4-7-11-22)18-26(23-12-8-5-9-13-23)29(27)25-16-14-21(2)15-17-25/h4-20H,3H2,1-2H3/b28-20+. The molecular weight excluding hydrogens is 414 g/mol. The number of benzene rings is 3. The third-order valence-electron chi connectivity index (χ3n) is 5.06. The van der Waals surface area contributed by atoms with Crippen LogP contribution in [0.15, 0.2) is 113 Å². The van der Waals surface area contributed by atoms with Crippen molar-refractivity contribution in [3.63, 3.8) is 0 Å². The summed E-state index contributed by atoms with van der Waals surface area (Å²) in [4.78, 5) is 0. The van der Waals surface area contributed by atoms with Gasteiger partial charge in [-0.2, -0.15) is 0 Å². The zero-order valence-electron chi connectivity index (χ0n) is 18.2. The fourth-order valence-corrected chi connectivity index (χ4v) is 4.31. The minimum absolute atomic E-state index is 0.334. The van der Waals surface area contributed by atoms with E-state index >= 15 is 0 Å². The predicted molar refractivity (Wildman–Crippen MR) is 129 cm³/mol. The van der Waals surface area contributed by atoms with Crippen LogP contribution in [0.4, 0.5) is 0 Å². The summed E-state index contributed by atoms with van der Waals surface area (Å²) < 4.78 is 7.33. The van der Waals surface area contributed by atoms with Crippen LogP contribution in [0.1, 0.15) is 12.5 Å². The second-order valence-electron chi connectivity index (χ2n) is 7.36. The monoisotopic (exact) mass is 439 g/mol. The summed E-state index contributed by atoms with van der Waals surface area (Å²) in [6, 6.07) is 33.4. The molecule has 0 saturated carbocycles. The van der Waals surface area contributed by atoms with Crippen LogP contribution >= 0.6 is 11.8 Å². The molecule has 0 bridgehead atoms. The van der Waals surface area contributed by atoms with Crippen LogP contribution in [-0.4, -0.2) is 6.61 Å². The van der Waals surface area contributed by atoms with Crippen LogP contribution in [0.2, 0.25) is 0 Å². The highest BCUT2D eigenvalue weighted by Gasteiger charge is 2.23. The first-order chi connectivity index (χ1) is 15.7. The molecule has 160 valence electrons. The first kappa shape index (κ1) is 21.7. The van der Waals surface area contributed by atoms with E-state index in [1.54, 1.807) is 0 Å². The van der Waals surface area contributed by atoms with Gasteiger partial charge in [0.15, 0.2) is 0 Å². The molecule has 3 nitrogen and oxygen atoms in total. The van der Waals surface area contributed by atoms with Crippen molar-refractivity contribution >= 4 is 11.8 Å². The molecule has 0 amide bonds. The van der Waals surface area contributed by atoms with Gasteiger partial charge in [-0.15, -0.1) is 4.57 Å². The zero-order valence-corrected chi connectivity index (χ0v) is 19.0. The van der Waals surface area contributed by atoms with E-state index in [0.717, 1.165) is 33.1 Å². The van der Waals surface area contributed by atoms with E-state index in [0.29, 0.717) is 6.61 Å². The van der Waals surface area contributed by atoms with Gasteiger partial charge in [0.1, 0.15) is 0 Å². The maximum Gasteiger partial charge on any atom is 0.251 e. The summed E-state index contributed by atoms with van der Waals surface area (Å²) in [5.41, 5.74) is 6.60. The molecule has 3 aromatic carbocycles. The second-order valence-corrected chi connectivity index (χ2v) is 8.25. The Morgan fingerprint density at radius 2 is 1.47 bits per heavy atom. The van der Waals surface area contributed by atoms with Crippen LogP contribution in [-0.2, 0) is 4.74 Å². The number of pyridine rings is 1. The van der Waals surface area contributed by atoms with Crippen molar-refractivity contribution in [2.45, 2.75) is 18.9 Å². The Balaban J connectivity index is 1.97. The summed E-state index contributed by atoms with van der Waals surface area (Å²) in [5, 5.41) is 14.6. The Hall–Kier alpha value is -3.50. The highest BCUT2D eigenvalue weighted by molar-refractivity contribution is 8.02. The Kier molecular flexibility index (Phi) is 6.93. The summed E-state index contributed by atoms with van der Waals surface area (Å²) in [6.45, 7) is 4.24.